The van der Waals surface area contributed by atoms with Gasteiger partial charge in [0.15, 0.2) is 0 Å². The number of hydrogen-bond donors (Lipinski definition) is 2. The minimum absolute atomic E-state index is 0.168. The normalized spacial score (nSPS) is 18.8. The SMILES string of the molecule is O=C([C@H](CO)NC(=O)C1(c2ccccc2)CC1)N1CCN(c2ccccc2)CC1. The van der Waals surface area contributed by atoms with E-state index in [1.54, 1.807) is 4.90 Å². The first-order valence-electron chi connectivity index (χ1n) is 10.2. The van der Waals surface area contributed by atoms with Crippen molar-refractivity contribution in [2.24, 2.45) is 0 Å². The van der Waals surface area contributed by atoms with Gasteiger partial charge in [0.05, 0.1) is 12.0 Å². The maximum Gasteiger partial charge on any atom is 0.247 e. The molecule has 6 nitrogen and oxygen atoms in total. The first kappa shape index (κ1) is 19.5. The van der Waals surface area contributed by atoms with Crippen LogP contribution in [0.25, 0.3) is 0 Å². The van der Waals surface area contributed by atoms with Crippen LogP contribution in [-0.4, -0.2) is 60.6 Å². The monoisotopic (exact) mass is 393 g/mol. The number of nitrogens with one attached hydrogen (secondary N) is 1. The summed E-state index contributed by atoms with van der Waals surface area (Å²) in [6.45, 7) is 2.22. The van der Waals surface area contributed by atoms with Crippen LogP contribution in [-0.2, 0) is 15.0 Å². The van der Waals surface area contributed by atoms with E-state index in [4.69, 9.17) is 0 Å². The number of carbonyl (C=O) groups excluding carboxylic acids is 2. The summed E-state index contributed by atoms with van der Waals surface area (Å²) in [5, 5.41) is 12.6. The average molecular weight is 393 g/mol. The second-order valence-electron chi connectivity index (χ2n) is 7.80. The molecule has 1 saturated carbocycles. The zero-order chi connectivity index (χ0) is 20.3. The Hall–Kier alpha value is -2.86. The quantitative estimate of drug-likeness (QED) is 0.781. The largest absolute Gasteiger partial charge is 0.394 e. The third-order valence-corrected chi connectivity index (χ3v) is 6.01. The summed E-state index contributed by atoms with van der Waals surface area (Å²) in [7, 11) is 0. The summed E-state index contributed by atoms with van der Waals surface area (Å²) in [5.74, 6) is -0.378. The van der Waals surface area contributed by atoms with Crippen molar-refractivity contribution >= 4 is 17.5 Å². The van der Waals surface area contributed by atoms with E-state index in [-0.39, 0.29) is 11.8 Å². The number of hydrogen-bond acceptors (Lipinski definition) is 4. The fraction of sp³-hybridized carbons (Fsp3) is 0.391. The number of amides is 2. The summed E-state index contributed by atoms with van der Waals surface area (Å²) in [6.07, 6.45) is 1.54. The molecule has 1 heterocycles. The van der Waals surface area contributed by atoms with Gasteiger partial charge in [0.2, 0.25) is 11.8 Å². The molecule has 2 amide bonds. The molecule has 0 bridgehead atoms. The average Bonchev–Trinajstić information content (AvgIpc) is 3.60. The van der Waals surface area contributed by atoms with Crippen LogP contribution in [0.1, 0.15) is 18.4 Å². The lowest BCUT2D eigenvalue weighted by Gasteiger charge is -2.37. The second kappa shape index (κ2) is 8.25. The zero-order valence-electron chi connectivity index (χ0n) is 16.5. The van der Waals surface area contributed by atoms with Gasteiger partial charge in [-0.25, -0.2) is 0 Å². The molecule has 2 aromatic rings. The van der Waals surface area contributed by atoms with Crippen LogP contribution in [0, 0.1) is 0 Å². The van der Waals surface area contributed by atoms with Crippen LogP contribution in [0.15, 0.2) is 60.7 Å². The summed E-state index contributed by atoms with van der Waals surface area (Å²) < 4.78 is 0. The lowest BCUT2D eigenvalue weighted by molar-refractivity contribution is -0.138. The molecule has 29 heavy (non-hydrogen) atoms. The molecule has 0 aromatic heterocycles. The Kier molecular flexibility index (Phi) is 5.53. The highest BCUT2D eigenvalue weighted by Crippen LogP contribution is 2.48. The fourth-order valence-corrected chi connectivity index (χ4v) is 4.06. The maximum atomic E-state index is 12.9. The van der Waals surface area contributed by atoms with Gasteiger partial charge >= 0.3 is 0 Å². The smallest absolute Gasteiger partial charge is 0.247 e. The van der Waals surface area contributed by atoms with E-state index in [0.717, 1.165) is 37.2 Å². The number of anilines is 1. The number of nitrogens with zero attached hydrogens (tertiary/aromatic N) is 2. The zero-order valence-corrected chi connectivity index (χ0v) is 16.5. The summed E-state index contributed by atoms with van der Waals surface area (Å²) >= 11 is 0. The van der Waals surface area contributed by atoms with Crippen molar-refractivity contribution in [1.82, 2.24) is 10.2 Å². The number of aliphatic hydroxyl groups is 1. The summed E-state index contributed by atoms with van der Waals surface area (Å²) in [5.41, 5.74) is 1.56. The minimum Gasteiger partial charge on any atom is -0.394 e. The molecule has 1 saturated heterocycles. The van der Waals surface area contributed by atoms with Crippen molar-refractivity contribution < 1.29 is 14.7 Å². The van der Waals surface area contributed by atoms with Gasteiger partial charge in [0.25, 0.3) is 0 Å². The topological polar surface area (TPSA) is 72.9 Å². The Bertz CT molecular complexity index is 844. The van der Waals surface area contributed by atoms with Crippen molar-refractivity contribution in [3.05, 3.63) is 66.2 Å². The molecule has 0 radical (unpaired) electrons. The molecule has 2 fully saturated rings. The first-order valence-corrected chi connectivity index (χ1v) is 10.2. The highest BCUT2D eigenvalue weighted by molar-refractivity contribution is 5.95. The molecule has 2 aliphatic rings. The van der Waals surface area contributed by atoms with Gasteiger partial charge in [-0.1, -0.05) is 48.5 Å². The predicted molar refractivity (Wildman–Crippen MR) is 112 cm³/mol. The Morgan fingerprint density at radius 2 is 1.52 bits per heavy atom. The van der Waals surface area contributed by atoms with Crippen LogP contribution >= 0.6 is 0 Å². The minimum atomic E-state index is -0.896. The predicted octanol–water partition coefficient (Wildman–Crippen LogP) is 1.54. The van der Waals surface area contributed by atoms with Crippen molar-refractivity contribution in [3.63, 3.8) is 0 Å². The van der Waals surface area contributed by atoms with Crippen molar-refractivity contribution in [3.8, 4) is 0 Å². The molecule has 6 heteroatoms. The molecular weight excluding hydrogens is 366 g/mol. The van der Waals surface area contributed by atoms with E-state index in [1.165, 1.54) is 0 Å². The van der Waals surface area contributed by atoms with Crippen molar-refractivity contribution in [2.75, 3.05) is 37.7 Å². The molecular formula is C23H27N3O3. The molecule has 1 atom stereocenters. The molecule has 0 spiro atoms. The standard InChI is InChI=1S/C23H27N3O3/c27-17-20(24-22(29)23(11-12-23)18-7-3-1-4-8-18)21(28)26-15-13-25(14-16-26)19-9-5-2-6-10-19/h1-10,20,27H,11-17H2,(H,24,29)/t20-/m0/s1. The van der Waals surface area contributed by atoms with E-state index < -0.39 is 18.1 Å². The first-order chi connectivity index (χ1) is 14.1. The van der Waals surface area contributed by atoms with E-state index in [9.17, 15) is 14.7 Å². The van der Waals surface area contributed by atoms with Crippen molar-refractivity contribution in [2.45, 2.75) is 24.3 Å². The molecule has 4 rings (SSSR count). The molecule has 152 valence electrons. The molecule has 0 unspecified atom stereocenters. The Morgan fingerprint density at radius 3 is 2.07 bits per heavy atom. The van der Waals surface area contributed by atoms with E-state index in [2.05, 4.69) is 22.3 Å². The van der Waals surface area contributed by atoms with Crippen LogP contribution in [0.3, 0.4) is 0 Å². The van der Waals surface area contributed by atoms with Crippen LogP contribution in [0.4, 0.5) is 5.69 Å². The number of benzene rings is 2. The number of piperazine rings is 1. The number of carbonyl (C=O) groups is 2. The Balaban J connectivity index is 1.36. The van der Waals surface area contributed by atoms with E-state index >= 15 is 0 Å². The van der Waals surface area contributed by atoms with Gasteiger partial charge < -0.3 is 20.2 Å². The van der Waals surface area contributed by atoms with Gasteiger partial charge in [0, 0.05) is 31.9 Å². The number of aliphatic hydroxyl groups excluding tert-OH is 1. The Morgan fingerprint density at radius 1 is 0.931 bits per heavy atom. The number of rotatable bonds is 6. The van der Waals surface area contributed by atoms with Gasteiger partial charge in [-0.2, -0.15) is 0 Å². The maximum absolute atomic E-state index is 12.9. The number of para-hydroxylation sites is 1. The van der Waals surface area contributed by atoms with Crippen molar-refractivity contribution in [1.29, 1.82) is 0 Å². The summed E-state index contributed by atoms with van der Waals surface area (Å²) in [6, 6.07) is 18.9. The van der Waals surface area contributed by atoms with Crippen LogP contribution in [0.5, 0.6) is 0 Å². The van der Waals surface area contributed by atoms with Gasteiger partial charge in [-0.3, -0.25) is 9.59 Å². The third-order valence-electron chi connectivity index (χ3n) is 6.01. The van der Waals surface area contributed by atoms with E-state index in [1.807, 2.05) is 48.5 Å². The third kappa shape index (κ3) is 3.98. The van der Waals surface area contributed by atoms with Gasteiger partial charge in [0.1, 0.15) is 6.04 Å². The van der Waals surface area contributed by atoms with Gasteiger partial charge in [-0.15, -0.1) is 0 Å². The Labute approximate surface area is 171 Å². The van der Waals surface area contributed by atoms with Crippen LogP contribution in [0.2, 0.25) is 0 Å². The van der Waals surface area contributed by atoms with Gasteiger partial charge in [-0.05, 0) is 30.5 Å². The highest BCUT2D eigenvalue weighted by Gasteiger charge is 2.52. The lowest BCUT2D eigenvalue weighted by Crippen LogP contribution is -2.57. The highest BCUT2D eigenvalue weighted by atomic mass is 16.3. The second-order valence-corrected chi connectivity index (χ2v) is 7.80. The fourth-order valence-electron chi connectivity index (χ4n) is 4.06. The van der Waals surface area contributed by atoms with Crippen LogP contribution < -0.4 is 10.2 Å². The molecule has 2 aromatic carbocycles. The van der Waals surface area contributed by atoms with E-state index in [0.29, 0.717) is 13.1 Å². The molecule has 1 aliphatic carbocycles. The molecule has 2 N–H and O–H groups in total. The molecule has 1 aliphatic heterocycles. The lowest BCUT2D eigenvalue weighted by atomic mass is 9.94. The summed E-state index contributed by atoms with van der Waals surface area (Å²) in [4.78, 5) is 29.8.